The van der Waals surface area contributed by atoms with Crippen LogP contribution in [0.25, 0.3) is 21.8 Å². The molecule has 0 saturated heterocycles. The molecule has 1 heterocycles. The second-order valence-corrected chi connectivity index (χ2v) is 5.87. The molecule has 118 valence electrons. The molecule has 3 aromatic rings. The topological polar surface area (TPSA) is 62.2 Å². The molecule has 2 aromatic carbocycles. The van der Waals surface area contributed by atoms with Crippen LogP contribution in [0.3, 0.4) is 0 Å². The number of para-hydroxylation sites is 2. The number of nitrogens with one attached hydrogen (secondary N) is 1. The van der Waals surface area contributed by atoms with Crippen LogP contribution in [0.15, 0.2) is 48.5 Å². The van der Waals surface area contributed by atoms with Gasteiger partial charge in [-0.25, -0.2) is 9.78 Å². The molecule has 2 unspecified atom stereocenters. The van der Waals surface area contributed by atoms with Gasteiger partial charge >= 0.3 is 5.97 Å². The number of carboxylic acids is 1. The predicted octanol–water partition coefficient (Wildman–Crippen LogP) is 4.30. The number of pyridine rings is 1. The summed E-state index contributed by atoms with van der Waals surface area (Å²) in [6.45, 7) is 3.96. The van der Waals surface area contributed by atoms with E-state index >= 15 is 0 Å². The molecule has 0 bridgehead atoms. The van der Waals surface area contributed by atoms with Crippen molar-refractivity contribution in [2.75, 3.05) is 5.32 Å². The predicted molar refractivity (Wildman–Crippen MR) is 93.8 cm³/mol. The van der Waals surface area contributed by atoms with E-state index in [9.17, 15) is 9.90 Å². The molecule has 0 amide bonds. The minimum Gasteiger partial charge on any atom is -0.480 e. The molecule has 0 aliphatic carbocycles. The van der Waals surface area contributed by atoms with Gasteiger partial charge in [-0.15, -0.1) is 0 Å². The molecule has 0 aliphatic rings. The third-order valence-electron chi connectivity index (χ3n) is 4.37. The van der Waals surface area contributed by atoms with Crippen LogP contribution in [0.1, 0.15) is 20.3 Å². The van der Waals surface area contributed by atoms with Crippen LogP contribution in [-0.4, -0.2) is 22.1 Å². The Morgan fingerprint density at radius 2 is 1.61 bits per heavy atom. The van der Waals surface area contributed by atoms with Gasteiger partial charge in [-0.05, 0) is 18.1 Å². The third kappa shape index (κ3) is 2.84. The number of aliphatic carboxylic acids is 1. The Morgan fingerprint density at radius 1 is 1.09 bits per heavy atom. The minimum atomic E-state index is -0.829. The number of hydrogen-bond donors (Lipinski definition) is 2. The van der Waals surface area contributed by atoms with Crippen LogP contribution in [-0.2, 0) is 4.79 Å². The number of benzene rings is 2. The van der Waals surface area contributed by atoms with Gasteiger partial charge in [0.1, 0.15) is 6.04 Å². The van der Waals surface area contributed by atoms with Gasteiger partial charge in [-0.3, -0.25) is 0 Å². The Balaban J connectivity index is 2.22. The Morgan fingerprint density at radius 3 is 2.09 bits per heavy atom. The fourth-order valence-electron chi connectivity index (χ4n) is 2.83. The van der Waals surface area contributed by atoms with E-state index in [1.807, 2.05) is 62.4 Å². The zero-order valence-corrected chi connectivity index (χ0v) is 13.3. The van der Waals surface area contributed by atoms with E-state index < -0.39 is 12.0 Å². The maximum absolute atomic E-state index is 11.7. The summed E-state index contributed by atoms with van der Waals surface area (Å²) in [6.07, 6.45) is 0.797. The summed E-state index contributed by atoms with van der Waals surface area (Å²) in [6, 6.07) is 15.0. The molecule has 4 heteroatoms. The summed E-state index contributed by atoms with van der Waals surface area (Å²) in [4.78, 5) is 16.4. The summed E-state index contributed by atoms with van der Waals surface area (Å²) in [5.41, 5.74) is 2.57. The molecular weight excluding hydrogens is 288 g/mol. The third-order valence-corrected chi connectivity index (χ3v) is 4.37. The highest BCUT2D eigenvalue weighted by Gasteiger charge is 2.24. The molecule has 0 fully saturated rings. The maximum Gasteiger partial charge on any atom is 0.326 e. The van der Waals surface area contributed by atoms with E-state index in [-0.39, 0.29) is 5.92 Å². The number of rotatable bonds is 5. The van der Waals surface area contributed by atoms with E-state index in [1.54, 1.807) is 0 Å². The summed E-state index contributed by atoms with van der Waals surface area (Å²) in [5, 5.41) is 14.8. The van der Waals surface area contributed by atoms with E-state index in [2.05, 4.69) is 10.3 Å². The lowest BCUT2D eigenvalue weighted by molar-refractivity contribution is -0.139. The average molecular weight is 308 g/mol. The lowest BCUT2D eigenvalue weighted by atomic mass is 9.98. The lowest BCUT2D eigenvalue weighted by Gasteiger charge is -2.23. The Bertz CT molecular complexity index is 806. The molecule has 2 atom stereocenters. The number of anilines is 1. The van der Waals surface area contributed by atoms with Crippen molar-refractivity contribution in [1.82, 2.24) is 4.98 Å². The Hall–Kier alpha value is -2.62. The monoisotopic (exact) mass is 308 g/mol. The van der Waals surface area contributed by atoms with Crippen LogP contribution in [0.5, 0.6) is 0 Å². The van der Waals surface area contributed by atoms with E-state index in [0.717, 1.165) is 33.9 Å². The molecule has 0 aliphatic heterocycles. The van der Waals surface area contributed by atoms with Gasteiger partial charge in [-0.1, -0.05) is 56.7 Å². The molecule has 3 rings (SSSR count). The molecule has 0 saturated carbocycles. The Labute approximate surface area is 135 Å². The first-order valence-corrected chi connectivity index (χ1v) is 7.88. The van der Waals surface area contributed by atoms with Crippen LogP contribution in [0.4, 0.5) is 5.69 Å². The summed E-state index contributed by atoms with van der Waals surface area (Å²) in [7, 11) is 0. The van der Waals surface area contributed by atoms with Crippen molar-refractivity contribution in [3.05, 3.63) is 48.5 Å². The van der Waals surface area contributed by atoms with Gasteiger partial charge in [-0.2, -0.15) is 0 Å². The second kappa shape index (κ2) is 6.24. The van der Waals surface area contributed by atoms with Gasteiger partial charge in [0.15, 0.2) is 0 Å². The highest BCUT2D eigenvalue weighted by molar-refractivity contribution is 6.08. The number of carbonyl (C=O) groups is 1. The number of carboxylic acid groups (broad SMARTS) is 1. The van der Waals surface area contributed by atoms with E-state index in [1.165, 1.54) is 0 Å². The summed E-state index contributed by atoms with van der Waals surface area (Å²) >= 11 is 0. The molecule has 1 aromatic heterocycles. The zero-order valence-electron chi connectivity index (χ0n) is 13.3. The van der Waals surface area contributed by atoms with Crippen molar-refractivity contribution < 1.29 is 9.90 Å². The molecular formula is C19H20N2O2. The number of fused-ring (bicyclic) bond motifs is 2. The van der Waals surface area contributed by atoms with Crippen molar-refractivity contribution in [1.29, 1.82) is 0 Å². The van der Waals surface area contributed by atoms with Crippen molar-refractivity contribution >= 4 is 33.5 Å². The first-order chi connectivity index (χ1) is 11.1. The molecule has 0 spiro atoms. The standard InChI is InChI=1S/C19H20N2O2/c1-3-12(2)17(19(22)23)21-18-13-8-4-6-10-15(13)20-16-11-7-5-9-14(16)18/h4-12,17H,3H2,1-2H3,(H,20,21)(H,22,23). The first-order valence-electron chi connectivity index (χ1n) is 7.88. The van der Waals surface area contributed by atoms with Crippen LogP contribution in [0, 0.1) is 5.92 Å². The van der Waals surface area contributed by atoms with E-state index in [0.29, 0.717) is 0 Å². The Kier molecular flexibility index (Phi) is 4.15. The molecule has 2 N–H and O–H groups in total. The SMILES string of the molecule is CCC(C)C(Nc1c2ccccc2nc2ccccc12)C(=O)O. The van der Waals surface area contributed by atoms with Crippen molar-refractivity contribution in [2.45, 2.75) is 26.3 Å². The van der Waals surface area contributed by atoms with Gasteiger partial charge in [0.2, 0.25) is 0 Å². The fraction of sp³-hybridized carbons (Fsp3) is 0.263. The smallest absolute Gasteiger partial charge is 0.326 e. The van der Waals surface area contributed by atoms with Crippen LogP contribution in [0.2, 0.25) is 0 Å². The van der Waals surface area contributed by atoms with Crippen molar-refractivity contribution in [2.24, 2.45) is 5.92 Å². The van der Waals surface area contributed by atoms with Crippen molar-refractivity contribution in [3.63, 3.8) is 0 Å². The fourth-order valence-corrected chi connectivity index (χ4v) is 2.83. The summed E-state index contributed by atoms with van der Waals surface area (Å²) in [5.74, 6) is -0.803. The number of aromatic nitrogens is 1. The number of nitrogens with zero attached hydrogens (tertiary/aromatic N) is 1. The zero-order chi connectivity index (χ0) is 16.4. The van der Waals surface area contributed by atoms with Crippen LogP contribution >= 0.6 is 0 Å². The average Bonchev–Trinajstić information content (AvgIpc) is 2.57. The quantitative estimate of drug-likeness (QED) is 0.690. The largest absolute Gasteiger partial charge is 0.480 e. The first kappa shape index (κ1) is 15.3. The molecule has 4 nitrogen and oxygen atoms in total. The lowest BCUT2D eigenvalue weighted by Crippen LogP contribution is -2.35. The van der Waals surface area contributed by atoms with Gasteiger partial charge in [0.05, 0.1) is 16.7 Å². The number of hydrogen-bond acceptors (Lipinski definition) is 3. The van der Waals surface area contributed by atoms with Crippen LogP contribution < -0.4 is 5.32 Å². The normalized spacial score (nSPS) is 13.8. The minimum absolute atomic E-state index is 0.0261. The highest BCUT2D eigenvalue weighted by atomic mass is 16.4. The van der Waals surface area contributed by atoms with Crippen molar-refractivity contribution in [3.8, 4) is 0 Å². The van der Waals surface area contributed by atoms with Gasteiger partial charge in [0, 0.05) is 10.8 Å². The highest BCUT2D eigenvalue weighted by Crippen LogP contribution is 2.32. The van der Waals surface area contributed by atoms with Gasteiger partial charge < -0.3 is 10.4 Å². The second-order valence-electron chi connectivity index (χ2n) is 5.87. The van der Waals surface area contributed by atoms with E-state index in [4.69, 9.17) is 0 Å². The molecule has 0 radical (unpaired) electrons. The summed E-state index contributed by atoms with van der Waals surface area (Å²) < 4.78 is 0. The maximum atomic E-state index is 11.7. The molecule has 23 heavy (non-hydrogen) atoms. The van der Waals surface area contributed by atoms with Gasteiger partial charge in [0.25, 0.3) is 0 Å².